The summed E-state index contributed by atoms with van der Waals surface area (Å²) in [5, 5.41) is 10.5. The maximum absolute atomic E-state index is 4.82. The summed E-state index contributed by atoms with van der Waals surface area (Å²) < 4.78 is 0. The molecular weight excluding hydrogens is 260 g/mol. The van der Waals surface area contributed by atoms with Crippen molar-refractivity contribution in [1.29, 1.82) is 0 Å². The van der Waals surface area contributed by atoms with Crippen LogP contribution < -0.4 is 0 Å². The second-order valence-corrected chi connectivity index (χ2v) is 5.14. The minimum Gasteiger partial charge on any atom is -0.195 e. The summed E-state index contributed by atoms with van der Waals surface area (Å²) in [5.74, 6) is 0. The lowest BCUT2D eigenvalue weighted by atomic mass is 10.0. The summed E-state index contributed by atoms with van der Waals surface area (Å²) in [6.07, 6.45) is 0. The molecular formula is C17H22N4. The number of benzene rings is 2. The highest BCUT2D eigenvalue weighted by atomic mass is 16.0. The number of hydrogen-bond donors (Lipinski definition) is 0. The summed E-state index contributed by atoms with van der Waals surface area (Å²) in [6, 6.07) is 20.5. The van der Waals surface area contributed by atoms with E-state index >= 15 is 0 Å². The van der Waals surface area contributed by atoms with Gasteiger partial charge in [-0.3, -0.25) is 0 Å². The maximum atomic E-state index is 4.82. The first kappa shape index (κ1) is 15.2. The molecule has 0 heterocycles. The fourth-order valence-corrected chi connectivity index (χ4v) is 2.10. The average molecular weight is 282 g/mol. The third-order valence-electron chi connectivity index (χ3n) is 3.00. The standard InChI is InChI=1S/C17H22N4/c1-19(2)21(20(3)4)18-17(15-11-7-5-8-12-15)16-13-9-6-10-14-16/h5-14H,1-4H3. The summed E-state index contributed by atoms with van der Waals surface area (Å²) in [4.78, 5) is 0. The van der Waals surface area contributed by atoms with Gasteiger partial charge in [-0.15, -0.1) is 5.10 Å². The fraction of sp³-hybridized carbons (Fsp3) is 0.235. The first-order valence-corrected chi connectivity index (χ1v) is 6.93. The average Bonchev–Trinajstić information content (AvgIpc) is 2.49. The fourth-order valence-electron chi connectivity index (χ4n) is 2.10. The first-order chi connectivity index (χ1) is 10.1. The highest BCUT2D eigenvalue weighted by Gasteiger charge is 2.12. The molecule has 0 aliphatic heterocycles. The van der Waals surface area contributed by atoms with Gasteiger partial charge in [-0.2, -0.15) is 15.2 Å². The van der Waals surface area contributed by atoms with Crippen molar-refractivity contribution in [3.8, 4) is 0 Å². The number of hydrazine groups is 2. The zero-order chi connectivity index (χ0) is 15.2. The monoisotopic (exact) mass is 282 g/mol. The van der Waals surface area contributed by atoms with Gasteiger partial charge in [0.25, 0.3) is 0 Å². The van der Waals surface area contributed by atoms with E-state index in [0.717, 1.165) is 16.8 Å². The molecule has 110 valence electrons. The van der Waals surface area contributed by atoms with Gasteiger partial charge in [-0.1, -0.05) is 60.7 Å². The number of hydrazone groups is 1. The van der Waals surface area contributed by atoms with Crippen LogP contribution in [-0.4, -0.2) is 49.1 Å². The van der Waals surface area contributed by atoms with Gasteiger partial charge in [-0.05, 0) is 0 Å². The van der Waals surface area contributed by atoms with Crippen LogP contribution in [0.3, 0.4) is 0 Å². The van der Waals surface area contributed by atoms with E-state index in [1.54, 1.807) is 0 Å². The second kappa shape index (κ2) is 7.02. The van der Waals surface area contributed by atoms with E-state index < -0.39 is 0 Å². The lowest BCUT2D eigenvalue weighted by Crippen LogP contribution is -2.43. The molecule has 0 aliphatic rings. The molecule has 0 spiro atoms. The van der Waals surface area contributed by atoms with E-state index in [1.165, 1.54) is 0 Å². The molecule has 2 aromatic rings. The summed E-state index contributed by atoms with van der Waals surface area (Å²) in [5.41, 5.74) is 3.13. The Morgan fingerprint density at radius 1 is 0.667 bits per heavy atom. The molecule has 0 unspecified atom stereocenters. The third-order valence-corrected chi connectivity index (χ3v) is 3.00. The van der Waals surface area contributed by atoms with Crippen LogP contribution in [0.5, 0.6) is 0 Å². The van der Waals surface area contributed by atoms with Crippen LogP contribution in [0.25, 0.3) is 0 Å². The Balaban J connectivity index is 2.51. The van der Waals surface area contributed by atoms with Crippen LogP contribution in [0.2, 0.25) is 0 Å². The number of rotatable bonds is 5. The molecule has 0 saturated carbocycles. The summed E-state index contributed by atoms with van der Waals surface area (Å²) in [7, 11) is 7.88. The molecule has 0 radical (unpaired) electrons. The molecule has 0 amide bonds. The van der Waals surface area contributed by atoms with Crippen molar-refractivity contribution in [3.63, 3.8) is 0 Å². The largest absolute Gasteiger partial charge is 0.195 e. The highest BCUT2D eigenvalue weighted by molar-refractivity contribution is 6.12. The van der Waals surface area contributed by atoms with Crippen LogP contribution in [0, 0.1) is 0 Å². The molecule has 0 atom stereocenters. The maximum Gasteiger partial charge on any atom is 0.101 e. The van der Waals surface area contributed by atoms with Crippen molar-refractivity contribution in [2.24, 2.45) is 5.10 Å². The quantitative estimate of drug-likeness (QED) is 0.622. The molecule has 0 aliphatic carbocycles. The van der Waals surface area contributed by atoms with Gasteiger partial charge in [0, 0.05) is 39.3 Å². The Bertz CT molecular complexity index is 527. The van der Waals surface area contributed by atoms with E-state index in [1.807, 2.05) is 79.8 Å². The van der Waals surface area contributed by atoms with Crippen LogP contribution in [-0.2, 0) is 0 Å². The molecule has 0 saturated heterocycles. The van der Waals surface area contributed by atoms with Gasteiger partial charge >= 0.3 is 0 Å². The number of hydrogen-bond acceptors (Lipinski definition) is 4. The predicted octanol–water partition coefficient (Wildman–Crippen LogP) is 2.69. The summed E-state index contributed by atoms with van der Waals surface area (Å²) >= 11 is 0. The van der Waals surface area contributed by atoms with Crippen LogP contribution >= 0.6 is 0 Å². The van der Waals surface area contributed by atoms with Crippen molar-refractivity contribution in [2.75, 3.05) is 28.2 Å². The third kappa shape index (κ3) is 3.90. The van der Waals surface area contributed by atoms with Gasteiger partial charge < -0.3 is 0 Å². The topological polar surface area (TPSA) is 22.1 Å². The smallest absolute Gasteiger partial charge is 0.101 e. The van der Waals surface area contributed by atoms with Crippen molar-refractivity contribution < 1.29 is 0 Å². The molecule has 0 N–H and O–H groups in total. The van der Waals surface area contributed by atoms with Crippen molar-refractivity contribution in [3.05, 3.63) is 71.8 Å². The van der Waals surface area contributed by atoms with E-state index in [4.69, 9.17) is 5.10 Å². The molecule has 2 rings (SSSR count). The van der Waals surface area contributed by atoms with Gasteiger partial charge in [0.15, 0.2) is 0 Å². The van der Waals surface area contributed by atoms with Crippen molar-refractivity contribution in [1.82, 2.24) is 15.2 Å². The van der Waals surface area contributed by atoms with Crippen LogP contribution in [0.15, 0.2) is 65.8 Å². The minimum atomic E-state index is 0.943. The predicted molar refractivity (Wildman–Crippen MR) is 87.7 cm³/mol. The van der Waals surface area contributed by atoms with E-state index in [0.29, 0.717) is 0 Å². The van der Waals surface area contributed by atoms with Crippen molar-refractivity contribution >= 4 is 5.71 Å². The molecule has 0 fully saturated rings. The van der Waals surface area contributed by atoms with Gasteiger partial charge in [0.05, 0.1) is 0 Å². The zero-order valence-electron chi connectivity index (χ0n) is 13.1. The molecule has 0 aromatic heterocycles. The molecule has 4 nitrogen and oxygen atoms in total. The van der Waals surface area contributed by atoms with Gasteiger partial charge in [-0.25, -0.2) is 0 Å². The van der Waals surface area contributed by atoms with Crippen molar-refractivity contribution in [2.45, 2.75) is 0 Å². The van der Waals surface area contributed by atoms with E-state index in [2.05, 4.69) is 24.3 Å². The SMILES string of the molecule is CN(C)N(N=C(c1ccccc1)c1ccccc1)N(C)C. The van der Waals surface area contributed by atoms with Gasteiger partial charge in [0.1, 0.15) is 5.71 Å². The van der Waals surface area contributed by atoms with E-state index in [-0.39, 0.29) is 0 Å². The Hall–Kier alpha value is -2.17. The lowest BCUT2D eigenvalue weighted by Gasteiger charge is -2.31. The molecule has 4 heteroatoms. The van der Waals surface area contributed by atoms with Crippen LogP contribution in [0.1, 0.15) is 11.1 Å². The minimum absolute atomic E-state index is 0.943. The van der Waals surface area contributed by atoms with E-state index in [9.17, 15) is 0 Å². The Kier molecular flexibility index (Phi) is 5.09. The van der Waals surface area contributed by atoms with Crippen LogP contribution in [0.4, 0.5) is 0 Å². The second-order valence-electron chi connectivity index (χ2n) is 5.14. The zero-order valence-corrected chi connectivity index (χ0v) is 13.1. The Morgan fingerprint density at radius 3 is 1.38 bits per heavy atom. The first-order valence-electron chi connectivity index (χ1n) is 6.93. The normalized spacial score (nSPS) is 10.8. The Labute approximate surface area is 126 Å². The Morgan fingerprint density at radius 2 is 1.05 bits per heavy atom. The molecule has 21 heavy (non-hydrogen) atoms. The lowest BCUT2D eigenvalue weighted by molar-refractivity contribution is -0.132. The summed E-state index contributed by atoms with van der Waals surface area (Å²) in [6.45, 7) is 0. The molecule has 0 bridgehead atoms. The highest BCUT2D eigenvalue weighted by Crippen LogP contribution is 2.12. The molecule has 2 aromatic carbocycles. The number of nitrogens with zero attached hydrogens (tertiary/aromatic N) is 4. The van der Waals surface area contributed by atoms with Gasteiger partial charge in [0.2, 0.25) is 0 Å².